The Labute approximate surface area is 121 Å². The van der Waals surface area contributed by atoms with E-state index < -0.39 is 0 Å². The van der Waals surface area contributed by atoms with Gasteiger partial charge in [0, 0.05) is 12.5 Å². The first-order valence-corrected chi connectivity index (χ1v) is 7.27. The monoisotopic (exact) mass is 269 g/mol. The van der Waals surface area contributed by atoms with E-state index in [2.05, 4.69) is 43.4 Å². The number of rotatable bonds is 7. The van der Waals surface area contributed by atoms with E-state index in [-0.39, 0.29) is 0 Å². The molecule has 0 heterocycles. The topological polar surface area (TPSA) is 21.3 Å². The highest BCUT2D eigenvalue weighted by Crippen LogP contribution is 2.18. The number of nitrogens with one attached hydrogen (secondary N) is 1. The van der Waals surface area contributed by atoms with E-state index in [1.165, 1.54) is 11.1 Å². The van der Waals surface area contributed by atoms with Crippen LogP contribution in [0, 0.1) is 6.92 Å². The minimum Gasteiger partial charge on any atom is -0.494 e. The first-order chi connectivity index (χ1) is 9.79. The van der Waals surface area contributed by atoms with Gasteiger partial charge in [0.2, 0.25) is 0 Å². The van der Waals surface area contributed by atoms with Crippen LogP contribution in [0.25, 0.3) is 0 Å². The van der Waals surface area contributed by atoms with Crippen molar-refractivity contribution < 1.29 is 4.74 Å². The van der Waals surface area contributed by atoms with Crippen molar-refractivity contribution in [2.75, 3.05) is 13.2 Å². The van der Waals surface area contributed by atoms with Crippen LogP contribution >= 0.6 is 0 Å². The maximum Gasteiger partial charge on any atom is 0.119 e. The molecule has 0 fully saturated rings. The molecule has 0 aliphatic carbocycles. The molecule has 2 aromatic carbocycles. The number of ether oxygens (including phenoxy) is 1. The lowest BCUT2D eigenvalue weighted by Crippen LogP contribution is -2.22. The lowest BCUT2D eigenvalue weighted by atomic mass is 10.0. The Bertz CT molecular complexity index is 493. The Morgan fingerprint density at radius 2 is 1.70 bits per heavy atom. The van der Waals surface area contributed by atoms with Crippen molar-refractivity contribution in [3.05, 3.63) is 65.7 Å². The second kappa shape index (κ2) is 7.71. The molecule has 0 aliphatic heterocycles. The fourth-order valence-corrected chi connectivity index (χ4v) is 2.24. The average molecular weight is 269 g/mol. The molecule has 0 spiro atoms. The molecule has 2 nitrogen and oxygen atoms in total. The predicted molar refractivity (Wildman–Crippen MR) is 84.2 cm³/mol. The van der Waals surface area contributed by atoms with Crippen LogP contribution in [0.3, 0.4) is 0 Å². The molecule has 2 heteroatoms. The van der Waals surface area contributed by atoms with E-state index >= 15 is 0 Å². The Balaban J connectivity index is 1.90. The minimum atomic E-state index is 0.351. The molecule has 0 saturated heterocycles. The first-order valence-electron chi connectivity index (χ1n) is 7.27. The highest BCUT2D eigenvalue weighted by Gasteiger charge is 2.10. The van der Waals surface area contributed by atoms with E-state index in [4.69, 9.17) is 4.74 Å². The normalized spacial score (nSPS) is 12.1. The molecule has 0 aromatic heterocycles. The summed E-state index contributed by atoms with van der Waals surface area (Å²) >= 11 is 0. The summed E-state index contributed by atoms with van der Waals surface area (Å²) in [6.45, 7) is 5.93. The van der Waals surface area contributed by atoms with Gasteiger partial charge in [-0.25, -0.2) is 0 Å². The highest BCUT2D eigenvalue weighted by atomic mass is 16.5. The fraction of sp³-hybridized carbons (Fsp3) is 0.333. The van der Waals surface area contributed by atoms with Gasteiger partial charge in [0.15, 0.2) is 0 Å². The molecule has 20 heavy (non-hydrogen) atoms. The van der Waals surface area contributed by atoms with Gasteiger partial charge in [0.25, 0.3) is 0 Å². The molecule has 1 N–H and O–H groups in total. The third kappa shape index (κ3) is 4.39. The first kappa shape index (κ1) is 14.6. The standard InChI is InChI=1S/C18H23NO/c1-3-19-18(16-11-9-15(2)10-12-16)13-14-20-17-7-5-4-6-8-17/h4-12,18-19H,3,13-14H2,1-2H3. The van der Waals surface area contributed by atoms with E-state index in [9.17, 15) is 0 Å². The molecular formula is C18H23NO. The molecule has 2 rings (SSSR count). The smallest absolute Gasteiger partial charge is 0.119 e. The van der Waals surface area contributed by atoms with E-state index in [1.54, 1.807) is 0 Å². The molecular weight excluding hydrogens is 246 g/mol. The largest absolute Gasteiger partial charge is 0.494 e. The van der Waals surface area contributed by atoms with Crippen LogP contribution < -0.4 is 10.1 Å². The van der Waals surface area contributed by atoms with E-state index in [1.807, 2.05) is 30.3 Å². The molecule has 0 saturated carbocycles. The number of aryl methyl sites for hydroxylation is 1. The van der Waals surface area contributed by atoms with Gasteiger partial charge in [0.1, 0.15) is 5.75 Å². The van der Waals surface area contributed by atoms with Crippen LogP contribution in [0.15, 0.2) is 54.6 Å². The molecule has 0 amide bonds. The zero-order chi connectivity index (χ0) is 14.2. The van der Waals surface area contributed by atoms with E-state index in [0.717, 1.165) is 25.3 Å². The zero-order valence-corrected chi connectivity index (χ0v) is 12.3. The predicted octanol–water partition coefficient (Wildman–Crippen LogP) is 4.11. The molecule has 1 unspecified atom stereocenters. The van der Waals surface area contributed by atoms with E-state index in [0.29, 0.717) is 6.04 Å². The summed E-state index contributed by atoms with van der Waals surface area (Å²) < 4.78 is 5.79. The highest BCUT2D eigenvalue weighted by molar-refractivity contribution is 5.24. The van der Waals surface area contributed by atoms with Crippen molar-refractivity contribution in [3.8, 4) is 5.75 Å². The SMILES string of the molecule is CCNC(CCOc1ccccc1)c1ccc(C)cc1. The molecule has 0 aliphatic rings. The van der Waals surface area contributed by atoms with Gasteiger partial charge >= 0.3 is 0 Å². The lowest BCUT2D eigenvalue weighted by molar-refractivity contribution is 0.287. The zero-order valence-electron chi connectivity index (χ0n) is 12.3. The summed E-state index contributed by atoms with van der Waals surface area (Å²) in [6, 6.07) is 19.1. The number of hydrogen-bond acceptors (Lipinski definition) is 2. The average Bonchev–Trinajstić information content (AvgIpc) is 2.48. The van der Waals surface area contributed by atoms with Gasteiger partial charge in [-0.05, 0) is 31.2 Å². The Morgan fingerprint density at radius 1 is 1.00 bits per heavy atom. The van der Waals surface area contributed by atoms with Gasteiger partial charge in [-0.1, -0.05) is 55.0 Å². The summed E-state index contributed by atoms with van der Waals surface area (Å²) in [5, 5.41) is 3.52. The number of benzene rings is 2. The number of hydrogen-bond donors (Lipinski definition) is 1. The molecule has 0 radical (unpaired) electrons. The van der Waals surface area contributed by atoms with Crippen LogP contribution in [0.1, 0.15) is 30.5 Å². The third-order valence-electron chi connectivity index (χ3n) is 3.35. The quantitative estimate of drug-likeness (QED) is 0.816. The van der Waals surface area contributed by atoms with Gasteiger partial charge in [-0.15, -0.1) is 0 Å². The van der Waals surface area contributed by atoms with Crippen molar-refractivity contribution in [1.29, 1.82) is 0 Å². The van der Waals surface area contributed by atoms with Crippen molar-refractivity contribution >= 4 is 0 Å². The summed E-state index contributed by atoms with van der Waals surface area (Å²) in [5.41, 5.74) is 2.62. The van der Waals surface area contributed by atoms with Gasteiger partial charge in [-0.2, -0.15) is 0 Å². The Hall–Kier alpha value is -1.80. The lowest BCUT2D eigenvalue weighted by Gasteiger charge is -2.19. The van der Waals surface area contributed by atoms with Crippen molar-refractivity contribution in [2.45, 2.75) is 26.3 Å². The molecule has 2 aromatic rings. The molecule has 0 bridgehead atoms. The second-order valence-corrected chi connectivity index (χ2v) is 4.97. The van der Waals surface area contributed by atoms with Crippen LogP contribution in [0.5, 0.6) is 5.75 Å². The summed E-state index contributed by atoms with van der Waals surface area (Å²) in [7, 11) is 0. The van der Waals surface area contributed by atoms with Gasteiger partial charge < -0.3 is 10.1 Å². The van der Waals surface area contributed by atoms with Crippen LogP contribution in [-0.2, 0) is 0 Å². The Kier molecular flexibility index (Phi) is 5.63. The van der Waals surface area contributed by atoms with Gasteiger partial charge in [0.05, 0.1) is 6.61 Å². The third-order valence-corrected chi connectivity index (χ3v) is 3.35. The van der Waals surface area contributed by atoms with Gasteiger partial charge in [-0.3, -0.25) is 0 Å². The van der Waals surface area contributed by atoms with Crippen LogP contribution in [0.2, 0.25) is 0 Å². The van der Waals surface area contributed by atoms with Crippen LogP contribution in [-0.4, -0.2) is 13.2 Å². The summed E-state index contributed by atoms with van der Waals surface area (Å²) in [4.78, 5) is 0. The minimum absolute atomic E-state index is 0.351. The van der Waals surface area contributed by atoms with Crippen LogP contribution in [0.4, 0.5) is 0 Å². The maximum atomic E-state index is 5.79. The summed E-state index contributed by atoms with van der Waals surface area (Å²) in [6.07, 6.45) is 0.964. The fourth-order valence-electron chi connectivity index (χ4n) is 2.24. The summed E-state index contributed by atoms with van der Waals surface area (Å²) in [5.74, 6) is 0.937. The van der Waals surface area contributed by atoms with Crippen molar-refractivity contribution in [3.63, 3.8) is 0 Å². The Morgan fingerprint density at radius 3 is 2.35 bits per heavy atom. The molecule has 1 atom stereocenters. The molecule has 106 valence electrons. The van der Waals surface area contributed by atoms with Crippen molar-refractivity contribution in [2.24, 2.45) is 0 Å². The second-order valence-electron chi connectivity index (χ2n) is 4.97. The van der Waals surface area contributed by atoms with Crippen molar-refractivity contribution in [1.82, 2.24) is 5.32 Å². The number of para-hydroxylation sites is 1. The maximum absolute atomic E-state index is 5.79.